The minimum absolute atomic E-state index is 0.0553. The molecule has 4 saturated carbocycles. The van der Waals surface area contributed by atoms with E-state index in [1.54, 1.807) is 7.11 Å². The molecule has 0 aromatic heterocycles. The van der Waals surface area contributed by atoms with Gasteiger partial charge in [-0.05, 0) is 79.1 Å². The zero-order valence-electron chi connectivity index (χ0n) is 20.1. The normalized spacial score (nSPS) is 53.2. The summed E-state index contributed by atoms with van der Waals surface area (Å²) in [6.45, 7) is 13.7. The van der Waals surface area contributed by atoms with Crippen LogP contribution in [-0.4, -0.2) is 24.3 Å². The number of fused-ring (bicyclic) bond motifs is 7. The summed E-state index contributed by atoms with van der Waals surface area (Å²) in [5.41, 5.74) is 0.808. The first-order chi connectivity index (χ1) is 13.9. The number of Topliss-reactive ketones (excluding diaryl/α,β-unsaturated/α-hetero) is 1. The number of hydrogen-bond donors (Lipinski definition) is 0. The van der Waals surface area contributed by atoms with Crippen LogP contribution >= 0.6 is 0 Å². The highest BCUT2D eigenvalue weighted by Crippen LogP contribution is 2.78. The van der Waals surface area contributed by atoms with Crippen LogP contribution in [0.25, 0.3) is 0 Å². The second-order valence-corrected chi connectivity index (χ2v) is 12.7. The van der Waals surface area contributed by atoms with Gasteiger partial charge in [-0.15, -0.1) is 0 Å². The predicted octanol–water partition coefficient (Wildman–Crippen LogP) is 5.76. The van der Waals surface area contributed by atoms with Gasteiger partial charge >= 0.3 is 0 Å². The molecule has 0 aromatic carbocycles. The maximum atomic E-state index is 13.2. The third kappa shape index (κ3) is 2.12. The van der Waals surface area contributed by atoms with Crippen LogP contribution < -0.4 is 0 Å². The van der Waals surface area contributed by atoms with Gasteiger partial charge in [0.1, 0.15) is 5.60 Å². The first-order valence-corrected chi connectivity index (χ1v) is 12.3. The molecule has 3 nitrogen and oxygen atoms in total. The molecule has 3 heteroatoms. The van der Waals surface area contributed by atoms with Crippen molar-refractivity contribution in [3.05, 3.63) is 11.6 Å². The molecule has 5 aliphatic rings. The summed E-state index contributed by atoms with van der Waals surface area (Å²) in [5.74, 6) is 3.01. The number of carbonyl (C=O) groups is 2. The number of rotatable bonds is 3. The van der Waals surface area contributed by atoms with Crippen LogP contribution in [0, 0.1) is 45.3 Å². The molecule has 0 aliphatic heterocycles. The van der Waals surface area contributed by atoms with Crippen molar-refractivity contribution in [3.63, 3.8) is 0 Å². The average Bonchev–Trinajstić information content (AvgIpc) is 3.14. The summed E-state index contributed by atoms with van der Waals surface area (Å²) in [5, 5.41) is 0. The smallest absolute Gasteiger partial charge is 0.164 e. The predicted molar refractivity (Wildman–Crippen MR) is 118 cm³/mol. The number of hydrogen-bond acceptors (Lipinski definition) is 3. The minimum Gasteiger partial charge on any atom is -0.370 e. The lowest BCUT2D eigenvalue weighted by molar-refractivity contribution is -0.170. The second kappa shape index (κ2) is 5.88. The third-order valence-electron chi connectivity index (χ3n) is 11.4. The first kappa shape index (κ1) is 20.9. The number of methoxy groups -OCH3 is 1. The zero-order chi connectivity index (χ0) is 21.9. The maximum absolute atomic E-state index is 13.2. The van der Waals surface area contributed by atoms with Crippen molar-refractivity contribution in [2.45, 2.75) is 92.1 Å². The van der Waals surface area contributed by atoms with Crippen molar-refractivity contribution in [1.82, 2.24) is 0 Å². The van der Waals surface area contributed by atoms with Gasteiger partial charge in [0.05, 0.1) is 0 Å². The van der Waals surface area contributed by atoms with Gasteiger partial charge in [0.15, 0.2) is 11.6 Å². The van der Waals surface area contributed by atoms with Crippen LogP contribution in [0.5, 0.6) is 0 Å². The Morgan fingerprint density at radius 1 is 1.07 bits per heavy atom. The van der Waals surface area contributed by atoms with E-state index in [1.165, 1.54) is 5.57 Å². The lowest BCUT2D eigenvalue weighted by Crippen LogP contribution is -2.59. The summed E-state index contributed by atoms with van der Waals surface area (Å²) in [7, 11) is 1.77. The SMILES string of the molecule is CCC(=O)[C@@]1(OC)CCC2C3CC(C)(C)C4=CC(=O)C5(C)CC5(C)C4C3CC[C@@]21C. The van der Waals surface area contributed by atoms with Gasteiger partial charge < -0.3 is 4.74 Å². The molecule has 0 amide bonds. The third-order valence-corrected chi connectivity index (χ3v) is 11.4. The Morgan fingerprint density at radius 2 is 1.77 bits per heavy atom. The Hall–Kier alpha value is -0.960. The highest BCUT2D eigenvalue weighted by molar-refractivity contribution is 6.00. The fraction of sp³-hybridized carbons (Fsp3) is 0.852. The van der Waals surface area contributed by atoms with Crippen molar-refractivity contribution in [3.8, 4) is 0 Å². The Morgan fingerprint density at radius 3 is 2.40 bits per heavy atom. The summed E-state index contributed by atoms with van der Waals surface area (Å²) in [6, 6.07) is 0. The Kier molecular flexibility index (Phi) is 4.10. The summed E-state index contributed by atoms with van der Waals surface area (Å²) in [6.07, 6.45) is 9.03. The van der Waals surface area contributed by atoms with Crippen LogP contribution in [-0.2, 0) is 14.3 Å². The maximum Gasteiger partial charge on any atom is 0.164 e. The van der Waals surface area contributed by atoms with Crippen LogP contribution in [0.2, 0.25) is 0 Å². The zero-order valence-corrected chi connectivity index (χ0v) is 20.1. The lowest BCUT2D eigenvalue weighted by atomic mass is 9.44. The Labute approximate surface area is 182 Å². The van der Waals surface area contributed by atoms with E-state index in [-0.39, 0.29) is 21.7 Å². The highest BCUT2D eigenvalue weighted by atomic mass is 16.5. The number of ether oxygens (including phenoxy) is 1. The summed E-state index contributed by atoms with van der Waals surface area (Å²) in [4.78, 5) is 26.2. The van der Waals surface area contributed by atoms with E-state index in [0.717, 1.165) is 38.5 Å². The Bertz CT molecular complexity index is 854. The molecule has 8 atom stereocenters. The second-order valence-electron chi connectivity index (χ2n) is 12.7. The van der Waals surface area contributed by atoms with Crippen molar-refractivity contribution in [1.29, 1.82) is 0 Å². The van der Waals surface area contributed by atoms with Crippen molar-refractivity contribution in [2.24, 2.45) is 45.3 Å². The van der Waals surface area contributed by atoms with Crippen molar-refractivity contribution >= 4 is 11.6 Å². The molecular weight excluding hydrogens is 372 g/mol. The molecule has 0 spiro atoms. The van der Waals surface area contributed by atoms with E-state index in [0.29, 0.717) is 41.7 Å². The van der Waals surface area contributed by atoms with E-state index >= 15 is 0 Å². The molecule has 0 saturated heterocycles. The van der Waals surface area contributed by atoms with E-state index < -0.39 is 5.60 Å². The molecule has 0 radical (unpaired) electrons. The minimum atomic E-state index is -0.599. The molecule has 30 heavy (non-hydrogen) atoms. The fourth-order valence-electron chi connectivity index (χ4n) is 9.49. The summed E-state index contributed by atoms with van der Waals surface area (Å²) >= 11 is 0. The van der Waals surface area contributed by atoms with Gasteiger partial charge in [-0.25, -0.2) is 0 Å². The molecule has 0 N–H and O–H groups in total. The molecule has 166 valence electrons. The summed E-state index contributed by atoms with van der Waals surface area (Å²) < 4.78 is 6.14. The van der Waals surface area contributed by atoms with Gasteiger partial charge in [0, 0.05) is 24.4 Å². The largest absolute Gasteiger partial charge is 0.370 e. The van der Waals surface area contributed by atoms with E-state index in [2.05, 4.69) is 40.7 Å². The van der Waals surface area contributed by atoms with Crippen LogP contribution in [0.15, 0.2) is 11.6 Å². The Balaban J connectivity index is 1.58. The molecule has 0 aromatic rings. The molecular formula is C27H40O3. The fourth-order valence-corrected chi connectivity index (χ4v) is 9.49. The van der Waals surface area contributed by atoms with Gasteiger partial charge in [0.25, 0.3) is 0 Å². The number of allylic oxidation sites excluding steroid dienone is 1. The molecule has 0 heterocycles. The number of ketones is 2. The van der Waals surface area contributed by atoms with Gasteiger partial charge in [-0.1, -0.05) is 47.1 Å². The molecule has 0 bridgehead atoms. The van der Waals surface area contributed by atoms with Crippen LogP contribution in [0.4, 0.5) is 0 Å². The standard InChI is InChI=1S/C27H40O3/c1-8-20(28)27(30-7)12-10-18-17-14-23(2,3)19-13-21(29)25(5)15-26(25,6)22(19)16(17)9-11-24(18,27)4/h13,16-18,22H,8-12,14-15H2,1-7H3/t16?,17?,18?,22?,24-,25?,26?,27-/m0/s1. The van der Waals surface area contributed by atoms with E-state index in [1.807, 2.05) is 6.92 Å². The van der Waals surface area contributed by atoms with Crippen molar-refractivity contribution in [2.75, 3.05) is 7.11 Å². The molecule has 6 unspecified atom stereocenters. The van der Waals surface area contributed by atoms with Crippen LogP contribution in [0.3, 0.4) is 0 Å². The monoisotopic (exact) mass is 412 g/mol. The molecule has 5 rings (SSSR count). The molecule has 5 aliphatic carbocycles. The van der Waals surface area contributed by atoms with Gasteiger partial charge in [-0.2, -0.15) is 0 Å². The topological polar surface area (TPSA) is 43.4 Å². The van der Waals surface area contributed by atoms with Gasteiger partial charge in [0.2, 0.25) is 0 Å². The molecule has 4 fully saturated rings. The quantitative estimate of drug-likeness (QED) is 0.591. The average molecular weight is 413 g/mol. The lowest BCUT2D eigenvalue weighted by Gasteiger charge is -2.60. The van der Waals surface area contributed by atoms with Gasteiger partial charge in [-0.3, -0.25) is 9.59 Å². The van der Waals surface area contributed by atoms with E-state index in [9.17, 15) is 9.59 Å². The van der Waals surface area contributed by atoms with Crippen molar-refractivity contribution < 1.29 is 14.3 Å². The first-order valence-electron chi connectivity index (χ1n) is 12.3. The van der Waals surface area contributed by atoms with E-state index in [4.69, 9.17) is 4.74 Å². The number of carbonyl (C=O) groups excluding carboxylic acids is 2. The van der Waals surface area contributed by atoms with Crippen LogP contribution in [0.1, 0.15) is 86.5 Å². The highest BCUT2D eigenvalue weighted by Gasteiger charge is 2.75.